The predicted molar refractivity (Wildman–Crippen MR) is 198 cm³/mol. The van der Waals surface area contributed by atoms with Gasteiger partial charge in [-0.3, -0.25) is 4.90 Å². The number of rotatable bonds is 6. The van der Waals surface area contributed by atoms with E-state index < -0.39 is 11.9 Å². The molecule has 0 radical (unpaired) electrons. The maximum absolute atomic E-state index is 17.2. The molecule has 3 aromatic heterocycles. The molecule has 6 atom stereocenters. The van der Waals surface area contributed by atoms with Crippen LogP contribution in [0, 0.1) is 47.2 Å². The number of hydrogen-bond donors (Lipinski definition) is 1. The summed E-state index contributed by atoms with van der Waals surface area (Å²) in [5.41, 5.74) is 4.34. The number of hydrogen-bond acceptors (Lipinski definition) is 9. The van der Waals surface area contributed by atoms with E-state index in [-0.39, 0.29) is 52.7 Å². The van der Waals surface area contributed by atoms with Crippen molar-refractivity contribution in [2.75, 3.05) is 31.6 Å². The van der Waals surface area contributed by atoms with Gasteiger partial charge in [0.1, 0.15) is 17.4 Å². The van der Waals surface area contributed by atoms with Crippen molar-refractivity contribution < 1.29 is 13.9 Å². The van der Waals surface area contributed by atoms with Crippen molar-refractivity contribution in [1.29, 1.82) is 10.5 Å². The number of nitriles is 2. The molecule has 5 fully saturated rings. The lowest BCUT2D eigenvalue weighted by Crippen LogP contribution is -2.45. The van der Waals surface area contributed by atoms with Gasteiger partial charge in [-0.15, -0.1) is 0 Å². The highest BCUT2D eigenvalue weighted by Crippen LogP contribution is 2.53. The third-order valence-electron chi connectivity index (χ3n) is 11.8. The highest BCUT2D eigenvalue weighted by molar-refractivity contribution is 6.43. The van der Waals surface area contributed by atoms with Gasteiger partial charge in [0.15, 0.2) is 11.5 Å². The first-order chi connectivity index (χ1) is 25.7. The lowest BCUT2D eigenvalue weighted by molar-refractivity contribution is 0.0995. The summed E-state index contributed by atoms with van der Waals surface area (Å²) in [6.45, 7) is 3.92. The van der Waals surface area contributed by atoms with E-state index in [0.29, 0.717) is 64.0 Å². The van der Waals surface area contributed by atoms with Gasteiger partial charge < -0.3 is 19.5 Å². The molecule has 53 heavy (non-hydrogen) atoms. The highest BCUT2D eigenvalue weighted by Gasteiger charge is 2.54. The largest absolute Gasteiger partial charge is 0.453 e. The first kappa shape index (κ1) is 33.8. The molecule has 1 N–H and O–H groups in total. The Morgan fingerprint density at radius 3 is 2.66 bits per heavy atom. The van der Waals surface area contributed by atoms with Gasteiger partial charge in [-0.25, -0.2) is 24.1 Å². The van der Waals surface area contributed by atoms with Gasteiger partial charge >= 0.3 is 6.09 Å². The molecule has 1 aliphatic carbocycles. The van der Waals surface area contributed by atoms with E-state index in [1.165, 1.54) is 13.3 Å². The fraction of sp³-hybridized carbons (Fsp3) is 0.385. The predicted octanol–water partition coefficient (Wildman–Crippen LogP) is 7.28. The monoisotopic (exact) mass is 749 g/mol. The van der Waals surface area contributed by atoms with E-state index in [1.807, 2.05) is 24.0 Å². The van der Waals surface area contributed by atoms with E-state index in [2.05, 4.69) is 36.9 Å². The molecule has 10 rings (SSSR count). The molecule has 14 heteroatoms. The third-order valence-corrected chi connectivity index (χ3v) is 12.6. The number of pyridine rings is 1. The van der Waals surface area contributed by atoms with Gasteiger partial charge in [0.05, 0.1) is 59.3 Å². The van der Waals surface area contributed by atoms with Crippen LogP contribution in [0.3, 0.4) is 0 Å². The summed E-state index contributed by atoms with van der Waals surface area (Å²) in [4.78, 5) is 31.5. The van der Waals surface area contributed by atoms with Crippen LogP contribution in [-0.2, 0) is 11.2 Å². The quantitative estimate of drug-likeness (QED) is 0.190. The van der Waals surface area contributed by atoms with E-state index >= 15 is 4.39 Å². The van der Waals surface area contributed by atoms with Crippen molar-refractivity contribution >= 4 is 56.9 Å². The zero-order valence-corrected chi connectivity index (χ0v) is 30.5. The third kappa shape index (κ3) is 5.14. The summed E-state index contributed by atoms with van der Waals surface area (Å²) in [6, 6.07) is 13.3. The van der Waals surface area contributed by atoms with Crippen molar-refractivity contribution in [2.45, 2.75) is 56.8 Å². The molecule has 4 aliphatic heterocycles. The number of carbonyl (C=O) groups excluding carboxylic acids is 1. The number of halogens is 3. The van der Waals surface area contributed by atoms with Crippen molar-refractivity contribution in [1.82, 2.24) is 29.7 Å². The van der Waals surface area contributed by atoms with Crippen molar-refractivity contribution in [2.24, 2.45) is 11.8 Å². The SMILES string of the molecule is COC(=O)N1C2CC(CN(c3cnc(C#N)cn3)C2)C1c1cc2c(C)nc3c(F)c(-c4cccc(Cl)c4Cl)c(CCC#N)cc3c2n1C1C2CNC1C2. The topological polar surface area (TPSA) is 136 Å². The molecule has 1 amide bonds. The smallest absolute Gasteiger partial charge is 0.410 e. The Morgan fingerprint density at radius 2 is 1.96 bits per heavy atom. The summed E-state index contributed by atoms with van der Waals surface area (Å²) in [5.74, 6) is 0.509. The maximum Gasteiger partial charge on any atom is 0.410 e. The molecular weight excluding hydrogens is 716 g/mol. The molecule has 7 heterocycles. The molecule has 4 bridgehead atoms. The van der Waals surface area contributed by atoms with Crippen LogP contribution >= 0.6 is 23.2 Å². The summed E-state index contributed by atoms with van der Waals surface area (Å²) in [6.07, 6.45) is 4.96. The molecule has 11 nitrogen and oxygen atoms in total. The molecule has 268 valence electrons. The Balaban J connectivity index is 1.28. The summed E-state index contributed by atoms with van der Waals surface area (Å²) < 4.78 is 25.1. The average Bonchev–Trinajstić information content (AvgIpc) is 3.95. The second-order valence-corrected chi connectivity index (χ2v) is 15.3. The van der Waals surface area contributed by atoms with Crippen molar-refractivity contribution in [3.63, 3.8) is 0 Å². The number of piperidine rings is 1. The van der Waals surface area contributed by atoms with Crippen LogP contribution < -0.4 is 10.2 Å². The number of ether oxygens (including phenoxy) is 1. The fourth-order valence-electron chi connectivity index (χ4n) is 9.55. The average molecular weight is 751 g/mol. The number of fused-ring (bicyclic) bond motifs is 6. The number of nitrogens with zero attached hydrogens (tertiary/aromatic N) is 8. The lowest BCUT2D eigenvalue weighted by Gasteiger charge is -2.40. The standard InChI is InChI=1S/C39H34Cl2FN9O2/c1-19-26-12-30(37-22-9-24(50(37)39(52)53-2)18-49(17-22)31-16-45-23(13-44)15-47-31)51(36-21-11-29(36)46-14-21)38(26)27-10-20(5-4-8-43)32(34(42)35(27)48-19)25-6-3-7-28(40)33(25)41/h3,6-7,10,12,15-16,21-22,24,29,36-37,46H,4-5,9,11,14,17-18H2,1-2H3. The Hall–Kier alpha value is -5.01. The Morgan fingerprint density at radius 1 is 1.11 bits per heavy atom. The Labute approximate surface area is 314 Å². The summed E-state index contributed by atoms with van der Waals surface area (Å²) >= 11 is 13.1. The lowest BCUT2D eigenvalue weighted by atomic mass is 9.79. The van der Waals surface area contributed by atoms with Gasteiger partial charge in [0.25, 0.3) is 0 Å². The molecule has 2 aromatic carbocycles. The number of carbonyl (C=O) groups is 1. The number of benzene rings is 2. The maximum atomic E-state index is 17.2. The van der Waals surface area contributed by atoms with Gasteiger partial charge in [0, 0.05) is 71.3 Å². The van der Waals surface area contributed by atoms with Crippen LogP contribution in [-0.4, -0.2) is 69.3 Å². The minimum absolute atomic E-state index is 0.0121. The molecule has 1 saturated carbocycles. The number of aryl methyl sites for hydroxylation is 2. The second-order valence-electron chi connectivity index (χ2n) is 14.5. The number of methoxy groups -OCH3 is 1. The van der Waals surface area contributed by atoms with Crippen molar-refractivity contribution in [3.8, 4) is 23.3 Å². The normalized spacial score (nSPS) is 24.4. The number of amides is 1. The minimum atomic E-state index is -0.513. The molecular formula is C39H34Cl2FN9O2. The van der Waals surface area contributed by atoms with Crippen LogP contribution in [0.4, 0.5) is 15.0 Å². The van der Waals surface area contributed by atoms with E-state index in [1.54, 1.807) is 24.4 Å². The summed E-state index contributed by atoms with van der Waals surface area (Å²) in [7, 11) is 1.41. The molecule has 0 spiro atoms. The van der Waals surface area contributed by atoms with Gasteiger partial charge in [-0.1, -0.05) is 35.3 Å². The van der Waals surface area contributed by atoms with Crippen LogP contribution in [0.25, 0.3) is 32.9 Å². The second kappa shape index (κ2) is 12.8. The number of likely N-dealkylation sites (tertiary alicyclic amines) is 1. The Kier molecular flexibility index (Phi) is 8.19. The highest BCUT2D eigenvalue weighted by atomic mass is 35.5. The zero-order chi connectivity index (χ0) is 36.7. The molecule has 5 aliphatic rings. The van der Waals surface area contributed by atoms with Gasteiger partial charge in [0.2, 0.25) is 0 Å². The Bertz CT molecular complexity index is 2410. The minimum Gasteiger partial charge on any atom is -0.453 e. The fourth-order valence-corrected chi connectivity index (χ4v) is 9.94. The summed E-state index contributed by atoms with van der Waals surface area (Å²) in [5, 5.41) is 24.7. The molecule has 5 aromatic rings. The van der Waals surface area contributed by atoms with E-state index in [4.69, 9.17) is 32.9 Å². The van der Waals surface area contributed by atoms with Gasteiger partial charge in [-0.05, 0) is 55.9 Å². The van der Waals surface area contributed by atoms with Crippen LogP contribution in [0.5, 0.6) is 0 Å². The first-order valence-corrected chi connectivity index (χ1v) is 18.5. The van der Waals surface area contributed by atoms with Crippen LogP contribution in [0.2, 0.25) is 10.0 Å². The molecule has 4 saturated heterocycles. The molecule has 6 unspecified atom stereocenters. The zero-order valence-electron chi connectivity index (χ0n) is 29.0. The van der Waals surface area contributed by atoms with E-state index in [9.17, 15) is 15.3 Å². The van der Waals surface area contributed by atoms with Crippen LogP contribution in [0.1, 0.15) is 54.0 Å². The van der Waals surface area contributed by atoms with Crippen LogP contribution in [0.15, 0.2) is 42.7 Å². The van der Waals surface area contributed by atoms with Crippen molar-refractivity contribution in [3.05, 3.63) is 81.2 Å². The number of aromatic nitrogens is 4. The van der Waals surface area contributed by atoms with Gasteiger partial charge in [-0.2, -0.15) is 10.5 Å². The first-order valence-electron chi connectivity index (χ1n) is 17.8. The van der Waals surface area contributed by atoms with E-state index in [0.717, 1.165) is 36.0 Å². The number of nitrogens with one attached hydrogen (secondary N) is 1. The number of anilines is 1.